The van der Waals surface area contributed by atoms with E-state index in [0.29, 0.717) is 0 Å². The summed E-state index contributed by atoms with van der Waals surface area (Å²) in [7, 11) is -3.90. The summed E-state index contributed by atoms with van der Waals surface area (Å²) in [5.41, 5.74) is 4.74. The van der Waals surface area contributed by atoms with E-state index in [1.54, 1.807) is 0 Å². The van der Waals surface area contributed by atoms with Crippen molar-refractivity contribution in [1.29, 1.82) is 0 Å². The summed E-state index contributed by atoms with van der Waals surface area (Å²) in [4.78, 5) is 9.80. The van der Waals surface area contributed by atoms with E-state index in [9.17, 15) is 9.46 Å². The summed E-state index contributed by atoms with van der Waals surface area (Å²) >= 11 is 0. The summed E-state index contributed by atoms with van der Waals surface area (Å²) in [6.07, 6.45) is -1.07. The zero-order valence-corrected chi connectivity index (χ0v) is 7.13. The maximum absolute atomic E-state index is 9.80. The average Bonchev–Trinajstić information content (AvgIpc) is 1.27. The molecule has 5 nitrogen and oxygen atoms in total. The van der Waals surface area contributed by atoms with Crippen molar-refractivity contribution in [1.82, 2.24) is 0 Å². The van der Waals surface area contributed by atoms with Crippen LogP contribution in [0.15, 0.2) is 0 Å². The Balaban J connectivity index is 0.000000490. The first-order valence-corrected chi connectivity index (χ1v) is 3.00. The van der Waals surface area contributed by atoms with Gasteiger partial charge in [-0.25, -0.2) is 0 Å². The molecule has 1 fully saturated rings. The van der Waals surface area contributed by atoms with Gasteiger partial charge < -0.3 is 4.89 Å². The van der Waals surface area contributed by atoms with Crippen molar-refractivity contribution < 1.29 is 48.1 Å². The molecule has 0 aromatic carbocycles. The molecule has 1 rings (SSSR count). The minimum atomic E-state index is -3.90. The molecule has 1 heterocycles. The minimum Gasteiger partial charge on any atom is -0.756 e. The quantitative estimate of drug-likeness (QED) is 0.277. The molecule has 0 bridgehead atoms. The minimum absolute atomic E-state index is 0. The van der Waals surface area contributed by atoms with Gasteiger partial charge in [0.15, 0.2) is 0 Å². The van der Waals surface area contributed by atoms with Crippen LogP contribution < -0.4 is 40.2 Å². The third-order valence-electron chi connectivity index (χ3n) is 0.466. The zero-order valence-electron chi connectivity index (χ0n) is 4.23. The molecular weight excluding hydrogens is 144 g/mol. The fourth-order valence-electron chi connectivity index (χ4n) is 0.262. The summed E-state index contributed by atoms with van der Waals surface area (Å²) in [5.74, 6) is 0. The molecule has 0 saturated carbocycles. The second-order valence-electron chi connectivity index (χ2n) is 1.03. The smallest absolute Gasteiger partial charge is 0.756 e. The fourth-order valence-corrected chi connectivity index (χ4v) is 0.787. The van der Waals surface area contributed by atoms with Gasteiger partial charge in [0.25, 0.3) is 7.82 Å². The molecule has 2 N–H and O–H groups in total. The predicted molar refractivity (Wildman–Crippen MR) is 17.8 cm³/mol. The normalized spacial score (nSPS) is 44.5. The Hall–Kier alpha value is 1.07. The largest absolute Gasteiger partial charge is 1.00 e. The molecule has 0 amide bonds. The maximum Gasteiger partial charge on any atom is 1.00 e. The van der Waals surface area contributed by atoms with Crippen LogP contribution >= 0.6 is 7.82 Å². The Morgan fingerprint density at radius 2 is 2.00 bits per heavy atom. The van der Waals surface area contributed by atoms with Crippen LogP contribution in [0.3, 0.4) is 0 Å². The van der Waals surface area contributed by atoms with Crippen LogP contribution in [0.2, 0.25) is 0 Å². The molecule has 1 aliphatic rings. The fraction of sp³-hybridized carbons (Fsp3) is 1.00. The Bertz CT molecular complexity index is 117. The van der Waals surface area contributed by atoms with Gasteiger partial charge >= 0.3 is 29.6 Å². The van der Waals surface area contributed by atoms with Crippen LogP contribution in [0.5, 0.6) is 0 Å². The zero-order chi connectivity index (χ0) is 5.49. The number of phosphoric ester groups is 1. The second kappa shape index (κ2) is 2.77. The van der Waals surface area contributed by atoms with E-state index in [2.05, 4.69) is 9.05 Å². The maximum atomic E-state index is 9.80. The predicted octanol–water partition coefficient (Wildman–Crippen LogP) is -4.25. The molecule has 0 aliphatic carbocycles. The molecule has 0 aromatic heterocycles. The number of rotatable bonds is 0. The first-order valence-electron chi connectivity index (χ1n) is 1.54. The monoisotopic (exact) mass is 147 g/mol. The van der Waals surface area contributed by atoms with Gasteiger partial charge in [0.2, 0.25) is 6.41 Å². The molecule has 0 atom stereocenters. The summed E-state index contributed by atoms with van der Waals surface area (Å²) in [5, 5.41) is 0. The van der Waals surface area contributed by atoms with E-state index >= 15 is 0 Å². The van der Waals surface area contributed by atoms with E-state index in [0.717, 1.165) is 0 Å². The molecule has 1 saturated heterocycles. The molecule has 0 unspecified atom stereocenters. The van der Waals surface area contributed by atoms with E-state index in [4.69, 9.17) is 5.73 Å². The van der Waals surface area contributed by atoms with Crippen LogP contribution in [0.4, 0.5) is 0 Å². The van der Waals surface area contributed by atoms with Crippen LogP contribution in [-0.2, 0) is 13.6 Å². The van der Waals surface area contributed by atoms with Crippen LogP contribution in [0.1, 0.15) is 0 Å². The molecule has 1 aliphatic heterocycles. The van der Waals surface area contributed by atoms with Crippen molar-refractivity contribution in [2.75, 3.05) is 0 Å². The number of nitrogens with two attached hydrogens (primary N) is 1. The van der Waals surface area contributed by atoms with E-state index in [1.807, 2.05) is 0 Å². The molecule has 7 heteroatoms. The van der Waals surface area contributed by atoms with Crippen LogP contribution in [0, 0.1) is 0 Å². The summed E-state index contributed by atoms with van der Waals surface area (Å²) in [6, 6.07) is 0. The Labute approximate surface area is 68.1 Å². The summed E-state index contributed by atoms with van der Waals surface area (Å²) < 4.78 is 17.6. The van der Waals surface area contributed by atoms with Gasteiger partial charge in [-0.1, -0.05) is 0 Å². The third-order valence-corrected chi connectivity index (χ3v) is 1.40. The third kappa shape index (κ3) is 2.13. The van der Waals surface area contributed by atoms with Gasteiger partial charge in [-0.3, -0.25) is 19.3 Å². The van der Waals surface area contributed by atoms with Gasteiger partial charge in [-0.15, -0.1) is 0 Å². The van der Waals surface area contributed by atoms with E-state index < -0.39 is 14.2 Å². The average molecular weight is 147 g/mol. The van der Waals surface area contributed by atoms with E-state index in [1.165, 1.54) is 0 Å². The number of phosphoric acid groups is 1. The molecule has 0 aromatic rings. The van der Waals surface area contributed by atoms with Crippen molar-refractivity contribution in [2.24, 2.45) is 5.73 Å². The van der Waals surface area contributed by atoms with Gasteiger partial charge in [0.05, 0.1) is 0 Å². The molecule has 0 spiro atoms. The van der Waals surface area contributed by atoms with Crippen molar-refractivity contribution in [3.63, 3.8) is 0 Å². The van der Waals surface area contributed by atoms with Crippen molar-refractivity contribution >= 4 is 7.82 Å². The standard InChI is InChI=1S/CH4NO4P.Na/c2-1-5-7(3,4)6-1;/h1H,2H2,(H,3,4);/q;+1/p-1. The number of hydrogen-bond donors (Lipinski definition) is 1. The molecule has 8 heavy (non-hydrogen) atoms. The second-order valence-corrected chi connectivity index (χ2v) is 2.34. The molecule has 0 radical (unpaired) electrons. The molecule has 42 valence electrons. The molecular formula is CH3NNaO4P. The number of hydrogen-bond acceptors (Lipinski definition) is 5. The van der Waals surface area contributed by atoms with Crippen molar-refractivity contribution in [3.05, 3.63) is 0 Å². The summed E-state index contributed by atoms with van der Waals surface area (Å²) in [6.45, 7) is 0. The Kier molecular flexibility index (Phi) is 3.14. The Morgan fingerprint density at radius 3 is 2.00 bits per heavy atom. The van der Waals surface area contributed by atoms with Crippen molar-refractivity contribution in [3.8, 4) is 0 Å². The topological polar surface area (TPSA) is 84.6 Å². The Morgan fingerprint density at radius 1 is 1.62 bits per heavy atom. The van der Waals surface area contributed by atoms with Crippen molar-refractivity contribution in [2.45, 2.75) is 6.41 Å². The van der Waals surface area contributed by atoms with Gasteiger partial charge in [0.1, 0.15) is 0 Å². The SMILES string of the molecule is NC1OP(=O)([O-])O1.[Na+]. The van der Waals surface area contributed by atoms with E-state index in [-0.39, 0.29) is 29.6 Å². The van der Waals surface area contributed by atoms with Gasteiger partial charge in [-0.2, -0.15) is 0 Å². The first kappa shape index (κ1) is 9.07. The first-order chi connectivity index (χ1) is 3.10. The van der Waals surface area contributed by atoms with Crippen LogP contribution in [0.25, 0.3) is 0 Å². The van der Waals surface area contributed by atoms with Gasteiger partial charge in [-0.05, 0) is 0 Å². The van der Waals surface area contributed by atoms with Gasteiger partial charge in [0, 0.05) is 0 Å². The van der Waals surface area contributed by atoms with Crippen LogP contribution in [-0.4, -0.2) is 6.41 Å².